The van der Waals surface area contributed by atoms with E-state index in [4.69, 9.17) is 11.6 Å². The molecule has 0 amide bonds. The average Bonchev–Trinajstić information content (AvgIpc) is 2.43. The summed E-state index contributed by atoms with van der Waals surface area (Å²) < 4.78 is 0. The molecule has 0 bridgehead atoms. The Kier molecular flexibility index (Phi) is 1.81. The van der Waals surface area contributed by atoms with Crippen LogP contribution in [0.25, 0.3) is 0 Å². The zero-order valence-electron chi connectivity index (χ0n) is 8.52. The van der Waals surface area contributed by atoms with Gasteiger partial charge in [-0.2, -0.15) is 0 Å². The molecule has 0 N–H and O–H groups in total. The van der Waals surface area contributed by atoms with Gasteiger partial charge in [-0.1, -0.05) is 12.8 Å². The maximum absolute atomic E-state index is 10.9. The highest BCUT2D eigenvalue weighted by Gasteiger charge is 2.60. The molecule has 2 spiro atoms. The fourth-order valence-electron chi connectivity index (χ4n) is 4.45. The van der Waals surface area contributed by atoms with Crippen LogP contribution >= 0.6 is 11.6 Å². The molecule has 0 saturated heterocycles. The quantitative estimate of drug-likeness (QED) is 0.608. The maximum Gasteiger partial charge on any atom is 0.224 e. The van der Waals surface area contributed by atoms with Crippen LogP contribution in [-0.2, 0) is 4.79 Å². The largest absolute Gasteiger partial charge is 0.281 e. The summed E-state index contributed by atoms with van der Waals surface area (Å²) >= 11 is 5.50. The molecule has 0 aromatic rings. The van der Waals surface area contributed by atoms with E-state index in [-0.39, 0.29) is 11.2 Å². The van der Waals surface area contributed by atoms with Crippen molar-refractivity contribution in [2.75, 3.05) is 0 Å². The first-order valence-electron chi connectivity index (χ1n) is 5.83. The molecule has 3 aliphatic rings. The lowest BCUT2D eigenvalue weighted by molar-refractivity contribution is -0.145. The van der Waals surface area contributed by atoms with Crippen LogP contribution in [0.4, 0.5) is 0 Å². The van der Waals surface area contributed by atoms with E-state index in [1.54, 1.807) is 0 Å². The highest BCUT2D eigenvalue weighted by molar-refractivity contribution is 6.64. The monoisotopic (exact) mass is 212 g/mol. The normalized spacial score (nSPS) is 32.9. The van der Waals surface area contributed by atoms with Gasteiger partial charge in [0.1, 0.15) is 0 Å². The van der Waals surface area contributed by atoms with Gasteiger partial charge < -0.3 is 0 Å². The predicted molar refractivity (Wildman–Crippen MR) is 56.2 cm³/mol. The van der Waals surface area contributed by atoms with Crippen molar-refractivity contribution in [1.82, 2.24) is 0 Å². The number of hydrogen-bond donors (Lipinski definition) is 0. The molecule has 78 valence electrons. The smallest absolute Gasteiger partial charge is 0.224 e. The van der Waals surface area contributed by atoms with Crippen molar-refractivity contribution >= 4 is 16.8 Å². The van der Waals surface area contributed by atoms with Gasteiger partial charge in [-0.05, 0) is 61.0 Å². The first kappa shape index (κ1) is 9.21. The number of hydrogen-bond acceptors (Lipinski definition) is 1. The highest BCUT2D eigenvalue weighted by Crippen LogP contribution is 2.70. The van der Waals surface area contributed by atoms with Crippen LogP contribution in [0.15, 0.2) is 0 Å². The molecule has 1 nitrogen and oxygen atoms in total. The first-order valence-corrected chi connectivity index (χ1v) is 6.20. The molecular weight excluding hydrogens is 196 g/mol. The molecule has 0 unspecified atom stereocenters. The van der Waals surface area contributed by atoms with E-state index in [1.165, 1.54) is 38.5 Å². The number of carbonyl (C=O) groups excluding carboxylic acids is 1. The third-order valence-corrected chi connectivity index (χ3v) is 5.15. The molecule has 0 aromatic carbocycles. The van der Waals surface area contributed by atoms with Gasteiger partial charge >= 0.3 is 0 Å². The van der Waals surface area contributed by atoms with Gasteiger partial charge in [0.05, 0.1) is 0 Å². The average molecular weight is 213 g/mol. The highest BCUT2D eigenvalue weighted by atomic mass is 35.5. The second-order valence-corrected chi connectivity index (χ2v) is 6.34. The lowest BCUT2D eigenvalue weighted by Crippen LogP contribution is -2.53. The summed E-state index contributed by atoms with van der Waals surface area (Å²) in [5.41, 5.74) is 1.29. The fraction of sp³-hybridized carbons (Fsp3) is 0.917. The van der Waals surface area contributed by atoms with Crippen LogP contribution in [0.1, 0.15) is 51.4 Å². The predicted octanol–water partition coefficient (Wildman–Crippen LogP) is 3.50. The van der Waals surface area contributed by atoms with Crippen LogP contribution < -0.4 is 0 Å². The Labute approximate surface area is 90.2 Å². The zero-order valence-corrected chi connectivity index (χ0v) is 9.28. The van der Waals surface area contributed by atoms with Crippen LogP contribution in [0.5, 0.6) is 0 Å². The first-order chi connectivity index (χ1) is 6.63. The van der Waals surface area contributed by atoms with Gasteiger partial charge in [0.2, 0.25) is 5.24 Å². The molecular formula is C12H17ClO. The minimum atomic E-state index is -0.0944. The Hall–Kier alpha value is -0.0400. The zero-order chi connectivity index (χ0) is 9.81. The van der Waals surface area contributed by atoms with Crippen molar-refractivity contribution in [3.05, 3.63) is 0 Å². The molecule has 3 saturated carbocycles. The Bertz CT molecular complexity index is 262. The minimum Gasteiger partial charge on any atom is -0.281 e. The lowest BCUT2D eigenvalue weighted by Gasteiger charge is -2.62. The second-order valence-electron chi connectivity index (χ2n) is 5.97. The van der Waals surface area contributed by atoms with Crippen LogP contribution in [0, 0.1) is 16.7 Å². The molecule has 0 aromatic heterocycles. The SMILES string of the molecule is O=C(Cl)C1CC2(C1)CC1(CCCC1)C2. The number of carbonyl (C=O) groups is 1. The third kappa shape index (κ3) is 1.18. The van der Waals surface area contributed by atoms with Crippen LogP contribution in [0.2, 0.25) is 0 Å². The van der Waals surface area contributed by atoms with Crippen LogP contribution in [0.3, 0.4) is 0 Å². The maximum atomic E-state index is 10.9. The minimum absolute atomic E-state index is 0.0944. The lowest BCUT2D eigenvalue weighted by atomic mass is 9.42. The molecule has 14 heavy (non-hydrogen) atoms. The molecule has 0 aliphatic heterocycles. The van der Waals surface area contributed by atoms with E-state index < -0.39 is 0 Å². The van der Waals surface area contributed by atoms with Gasteiger partial charge in [-0.3, -0.25) is 4.79 Å². The summed E-state index contributed by atoms with van der Waals surface area (Å²) in [6.07, 6.45) is 10.8. The van der Waals surface area contributed by atoms with Gasteiger partial charge in [0, 0.05) is 5.92 Å². The van der Waals surface area contributed by atoms with Gasteiger partial charge in [0.15, 0.2) is 0 Å². The van der Waals surface area contributed by atoms with Crippen molar-refractivity contribution in [1.29, 1.82) is 0 Å². The van der Waals surface area contributed by atoms with Crippen molar-refractivity contribution in [2.45, 2.75) is 51.4 Å². The van der Waals surface area contributed by atoms with E-state index in [2.05, 4.69) is 0 Å². The summed E-state index contributed by atoms with van der Waals surface area (Å²) in [7, 11) is 0. The molecule has 3 fully saturated rings. The van der Waals surface area contributed by atoms with Crippen molar-refractivity contribution < 1.29 is 4.79 Å². The van der Waals surface area contributed by atoms with Crippen LogP contribution in [-0.4, -0.2) is 5.24 Å². The summed E-state index contributed by atoms with van der Waals surface area (Å²) in [5.74, 6) is 0.204. The summed E-state index contributed by atoms with van der Waals surface area (Å²) in [4.78, 5) is 10.9. The summed E-state index contributed by atoms with van der Waals surface area (Å²) in [6.45, 7) is 0. The Morgan fingerprint density at radius 1 is 1.07 bits per heavy atom. The fourth-order valence-corrected chi connectivity index (χ4v) is 4.61. The van der Waals surface area contributed by atoms with Gasteiger partial charge in [-0.25, -0.2) is 0 Å². The number of rotatable bonds is 1. The number of halogens is 1. The standard InChI is InChI=1S/C12H17ClO/c13-10(14)9-5-12(6-9)7-11(8-12)3-1-2-4-11/h9H,1-8H2. The van der Waals surface area contributed by atoms with E-state index in [0.29, 0.717) is 5.41 Å². The Morgan fingerprint density at radius 3 is 2.14 bits per heavy atom. The molecule has 3 aliphatic carbocycles. The van der Waals surface area contributed by atoms with Crippen molar-refractivity contribution in [3.8, 4) is 0 Å². The van der Waals surface area contributed by atoms with Gasteiger partial charge in [-0.15, -0.1) is 0 Å². The third-order valence-electron chi connectivity index (χ3n) is 4.84. The van der Waals surface area contributed by atoms with E-state index in [1.807, 2.05) is 0 Å². The van der Waals surface area contributed by atoms with Crippen molar-refractivity contribution in [2.24, 2.45) is 16.7 Å². The Morgan fingerprint density at radius 2 is 1.64 bits per heavy atom. The van der Waals surface area contributed by atoms with E-state index >= 15 is 0 Å². The van der Waals surface area contributed by atoms with Crippen molar-refractivity contribution in [3.63, 3.8) is 0 Å². The molecule has 3 rings (SSSR count). The topological polar surface area (TPSA) is 17.1 Å². The van der Waals surface area contributed by atoms with E-state index in [0.717, 1.165) is 18.3 Å². The van der Waals surface area contributed by atoms with E-state index in [9.17, 15) is 4.79 Å². The molecule has 0 atom stereocenters. The van der Waals surface area contributed by atoms with Gasteiger partial charge in [0.25, 0.3) is 0 Å². The molecule has 0 radical (unpaired) electrons. The molecule has 0 heterocycles. The second kappa shape index (κ2) is 2.75. The summed E-state index contributed by atoms with van der Waals surface area (Å²) in [5, 5.41) is -0.0944. The molecule has 2 heteroatoms. The Balaban J connectivity index is 1.58. The summed E-state index contributed by atoms with van der Waals surface area (Å²) in [6, 6.07) is 0.